The molecule has 1 aromatic heterocycles. The molecule has 0 radical (unpaired) electrons. The molecule has 1 aliphatic rings. The summed E-state index contributed by atoms with van der Waals surface area (Å²) in [5.74, 6) is -3.59. The third kappa shape index (κ3) is 39.2. The Bertz CT molecular complexity index is 4800. The van der Waals surface area contributed by atoms with Gasteiger partial charge >= 0.3 is 23.9 Å². The van der Waals surface area contributed by atoms with E-state index in [1.807, 2.05) is 73.7 Å². The van der Waals surface area contributed by atoms with Crippen molar-refractivity contribution in [3.63, 3.8) is 0 Å². The lowest BCUT2D eigenvalue weighted by atomic mass is 9.96. The van der Waals surface area contributed by atoms with Gasteiger partial charge in [0, 0.05) is 24.0 Å². The van der Waals surface area contributed by atoms with E-state index < -0.39 is 23.9 Å². The molecular formula is C114H145N3O9. The van der Waals surface area contributed by atoms with E-state index in [2.05, 4.69) is 161 Å². The summed E-state index contributed by atoms with van der Waals surface area (Å²) in [4.78, 5) is 59.8. The van der Waals surface area contributed by atoms with Crippen molar-refractivity contribution in [3.8, 4) is 55.6 Å². The van der Waals surface area contributed by atoms with Crippen LogP contribution in [-0.4, -0.2) is 65.8 Å². The Balaban J connectivity index is 0.000000212. The number of aromatic carboxylic acids is 4. The van der Waals surface area contributed by atoms with Crippen molar-refractivity contribution in [3.05, 3.63) is 317 Å². The number of carbonyl (C=O) groups excluding carboxylic acids is 1. The number of nitrogens with zero attached hydrogens (tertiary/aromatic N) is 2. The van der Waals surface area contributed by atoms with Gasteiger partial charge in [0.25, 0.3) is 5.91 Å². The van der Waals surface area contributed by atoms with E-state index in [1.54, 1.807) is 60.9 Å². The van der Waals surface area contributed by atoms with Gasteiger partial charge in [0.1, 0.15) is 6.33 Å². The van der Waals surface area contributed by atoms with E-state index in [0.29, 0.717) is 33.9 Å². The SMILES string of the molecule is CCCCCCCCCc1ccc(-c2ccc(C(=O)O)cc2)cc1.CCCCCCCCc1ccc(-c2ccc(C(=O)O)cc2)cc1.CCCCCCCCc1ccc(-c2ccc(C(=O)O)cc2C)cc1.CCCCCCCCc1ccc(-c2ccc(C(=O)n3ccnc3)cc2)cc1.CCCCCc1ccc(-c2ccc(C(=O)O)cc2)cc1.NC1CCCCCC1. The largest absolute Gasteiger partial charge is 0.478 e. The van der Waals surface area contributed by atoms with Crippen molar-refractivity contribution >= 4 is 29.8 Å². The second-order valence-corrected chi connectivity index (χ2v) is 34.0. The zero-order chi connectivity index (χ0) is 90.1. The van der Waals surface area contributed by atoms with E-state index in [9.17, 15) is 24.0 Å². The average molecular weight is 1700 g/mol. The van der Waals surface area contributed by atoms with Crippen LogP contribution in [0.2, 0.25) is 0 Å². The van der Waals surface area contributed by atoms with Gasteiger partial charge in [0.05, 0.1) is 22.3 Å². The zero-order valence-electron chi connectivity index (χ0n) is 76.7. The maximum Gasteiger partial charge on any atom is 0.335 e. The van der Waals surface area contributed by atoms with E-state index in [0.717, 1.165) is 87.7 Å². The lowest BCUT2D eigenvalue weighted by Crippen LogP contribution is -2.17. The Hall–Kier alpha value is -11.1. The zero-order valence-corrected chi connectivity index (χ0v) is 76.7. The van der Waals surface area contributed by atoms with Gasteiger partial charge in [-0.05, 0) is 234 Å². The third-order valence-corrected chi connectivity index (χ3v) is 23.6. The Kier molecular flexibility index (Phi) is 49.0. The molecule has 0 spiro atoms. The van der Waals surface area contributed by atoms with Gasteiger partial charge in [0.2, 0.25) is 0 Å². The quantitative estimate of drug-likeness (QED) is 0.0179. The number of aromatic nitrogens is 2. The van der Waals surface area contributed by atoms with Gasteiger partial charge in [-0.2, -0.15) is 0 Å². The minimum Gasteiger partial charge on any atom is -0.478 e. The fraction of sp³-hybridized carbons (Fsp3) is 0.404. The molecule has 0 saturated heterocycles. The topological polar surface area (TPSA) is 210 Å². The van der Waals surface area contributed by atoms with Gasteiger partial charge in [-0.25, -0.2) is 24.2 Å². The van der Waals surface area contributed by atoms with Crippen molar-refractivity contribution in [2.45, 2.75) is 298 Å². The Morgan fingerprint density at radius 2 is 0.524 bits per heavy atom. The van der Waals surface area contributed by atoms with Crippen LogP contribution in [0.1, 0.15) is 338 Å². The van der Waals surface area contributed by atoms with Gasteiger partial charge in [-0.15, -0.1) is 0 Å². The molecule has 0 aliphatic heterocycles. The van der Waals surface area contributed by atoms with Crippen LogP contribution in [-0.2, 0) is 32.1 Å². The standard InChI is InChI=1S/C24H28N2O.2C22H28O2.C21H26O2.C18H20O2.C7H15N/c1-2-3-4-5-6-7-8-20-9-11-21(12-10-20)22-13-15-23(16-14-22)24(27)26-18-17-25-19-26;1-3-4-5-6-7-8-9-18-10-12-19(13-11-18)21-15-14-20(22(23)24)16-17(21)2;1-2-3-4-5-6-7-8-9-18-10-12-19(13-11-18)20-14-16-21(17-15-20)22(23)24;1-2-3-4-5-6-7-8-17-9-11-18(12-10-17)19-13-15-20(16-14-19)21(22)23;1-2-3-4-5-14-6-8-15(9-7-14)16-10-12-17(13-11-16)18(19)20;8-7-5-3-1-2-4-6-7/h9-19H,2-8H2,1H3;10-16H,3-9H2,1-2H3,(H,23,24);10-17H,2-9H2,1H3,(H,23,24);9-16H,2-8H2,1H3,(H,22,23);6-13H,2-5H2,1H3,(H,19,20);7H,1-6,8H2. The molecule has 12 nitrogen and oxygen atoms in total. The Morgan fingerprint density at radius 1 is 0.294 bits per heavy atom. The van der Waals surface area contributed by atoms with E-state index in [1.165, 1.54) is 263 Å². The number of nitrogens with two attached hydrogens (primary N) is 1. The maximum absolute atomic E-state index is 12.3. The van der Waals surface area contributed by atoms with Crippen LogP contribution >= 0.6 is 0 Å². The van der Waals surface area contributed by atoms with Crippen LogP contribution in [0, 0.1) is 6.92 Å². The molecule has 0 atom stereocenters. The lowest BCUT2D eigenvalue weighted by molar-refractivity contribution is 0.0686. The Labute approximate surface area is 755 Å². The molecule has 0 bridgehead atoms. The highest BCUT2D eigenvalue weighted by Crippen LogP contribution is 2.30. The van der Waals surface area contributed by atoms with Crippen LogP contribution in [0.4, 0.5) is 0 Å². The molecule has 10 aromatic carbocycles. The summed E-state index contributed by atoms with van der Waals surface area (Å²) in [6, 6.07) is 78.0. The summed E-state index contributed by atoms with van der Waals surface area (Å²) in [5, 5.41) is 35.8. The number of carboxylic acid groups (broad SMARTS) is 4. The smallest absolute Gasteiger partial charge is 0.335 e. The fourth-order valence-electron chi connectivity index (χ4n) is 15.7. The van der Waals surface area contributed by atoms with Crippen LogP contribution in [0.15, 0.2) is 255 Å². The van der Waals surface area contributed by atoms with E-state index in [-0.39, 0.29) is 5.91 Å². The summed E-state index contributed by atoms with van der Waals surface area (Å²) >= 11 is 0. The van der Waals surface area contributed by atoms with Crippen molar-refractivity contribution in [2.24, 2.45) is 5.73 Å². The van der Waals surface area contributed by atoms with Crippen LogP contribution < -0.4 is 5.73 Å². The first-order valence-electron chi connectivity index (χ1n) is 47.6. The highest BCUT2D eigenvalue weighted by Gasteiger charge is 2.13. The first kappa shape index (κ1) is 102. The average Bonchev–Trinajstić information content (AvgIpc) is 1.97. The first-order chi connectivity index (χ1) is 61.4. The van der Waals surface area contributed by atoms with Gasteiger partial charge < -0.3 is 26.2 Å². The maximum atomic E-state index is 12.3. The number of benzene rings is 10. The normalized spacial score (nSPS) is 11.6. The van der Waals surface area contributed by atoms with Crippen molar-refractivity contribution < 1.29 is 44.4 Å². The third-order valence-electron chi connectivity index (χ3n) is 23.6. The molecule has 1 aliphatic carbocycles. The van der Waals surface area contributed by atoms with Crippen molar-refractivity contribution in [2.75, 3.05) is 0 Å². The predicted molar refractivity (Wildman–Crippen MR) is 526 cm³/mol. The molecule has 12 rings (SSSR count). The molecule has 670 valence electrons. The van der Waals surface area contributed by atoms with Crippen LogP contribution in [0.25, 0.3) is 55.6 Å². The second-order valence-electron chi connectivity index (χ2n) is 34.0. The lowest BCUT2D eigenvalue weighted by Gasteiger charge is -2.09. The molecule has 1 heterocycles. The summed E-state index contributed by atoms with van der Waals surface area (Å²) in [7, 11) is 0. The summed E-state index contributed by atoms with van der Waals surface area (Å²) in [6.45, 7) is 13.2. The number of imidazole rings is 1. The van der Waals surface area contributed by atoms with Gasteiger partial charge in [-0.3, -0.25) is 9.36 Å². The number of carbonyl (C=O) groups is 5. The monoisotopic (exact) mass is 1700 g/mol. The highest BCUT2D eigenvalue weighted by molar-refractivity contribution is 5.96. The van der Waals surface area contributed by atoms with E-state index >= 15 is 0 Å². The number of aryl methyl sites for hydroxylation is 6. The first-order valence-corrected chi connectivity index (χ1v) is 47.6. The van der Waals surface area contributed by atoms with Crippen LogP contribution in [0.5, 0.6) is 0 Å². The summed E-state index contributed by atoms with van der Waals surface area (Å²) < 4.78 is 1.49. The van der Waals surface area contributed by atoms with Gasteiger partial charge in [0.15, 0.2) is 0 Å². The molecule has 1 saturated carbocycles. The van der Waals surface area contributed by atoms with E-state index in [4.69, 9.17) is 26.2 Å². The molecule has 0 amide bonds. The summed E-state index contributed by atoms with van der Waals surface area (Å²) in [6.07, 6.45) is 55.6. The fourth-order valence-corrected chi connectivity index (χ4v) is 15.7. The minimum absolute atomic E-state index is 0.0617. The molecule has 11 aromatic rings. The highest BCUT2D eigenvalue weighted by atomic mass is 16.4. The molecule has 126 heavy (non-hydrogen) atoms. The molecular weight excluding hydrogens is 1560 g/mol. The molecule has 0 unspecified atom stereocenters. The minimum atomic E-state index is -0.886. The predicted octanol–water partition coefficient (Wildman–Crippen LogP) is 31.2. The number of hydrogen-bond acceptors (Lipinski definition) is 7. The Morgan fingerprint density at radius 3 is 0.778 bits per heavy atom. The van der Waals surface area contributed by atoms with Gasteiger partial charge in [-0.1, -0.05) is 384 Å². The van der Waals surface area contributed by atoms with Crippen LogP contribution in [0.3, 0.4) is 0 Å². The summed E-state index contributed by atoms with van der Waals surface area (Å²) in [5.41, 5.74) is 26.8. The molecule has 12 heteroatoms. The molecule has 1 fully saturated rings. The number of hydrogen-bond donors (Lipinski definition) is 5. The number of rotatable bonds is 43. The number of unbranched alkanes of at least 4 members (excludes halogenated alkanes) is 23. The molecule has 6 N–H and O–H groups in total. The second kappa shape index (κ2) is 60.5. The number of carboxylic acids is 4. The van der Waals surface area contributed by atoms with Crippen molar-refractivity contribution in [1.29, 1.82) is 0 Å². The van der Waals surface area contributed by atoms with Crippen molar-refractivity contribution in [1.82, 2.24) is 9.55 Å².